The lowest BCUT2D eigenvalue weighted by Gasteiger charge is -2.32. The summed E-state index contributed by atoms with van der Waals surface area (Å²) in [6, 6.07) is 7.66. The number of hydrogen-bond acceptors (Lipinski definition) is 6. The van der Waals surface area contributed by atoms with Crippen molar-refractivity contribution >= 4 is 27.5 Å². The number of nitrogens with zero attached hydrogens (tertiary/aromatic N) is 4. The van der Waals surface area contributed by atoms with E-state index in [1.54, 1.807) is 22.2 Å². The van der Waals surface area contributed by atoms with Crippen LogP contribution in [0.25, 0.3) is 21.5 Å². The number of pyridine rings is 2. The topological polar surface area (TPSA) is 92.9 Å². The molecule has 1 aliphatic carbocycles. The number of carbonyl (C=O) groups excluding carboxylic acids is 1. The molecule has 1 fully saturated rings. The van der Waals surface area contributed by atoms with Crippen LogP contribution in [-0.4, -0.2) is 42.9 Å². The molecule has 2 N–H and O–H groups in total. The highest BCUT2D eigenvalue weighted by molar-refractivity contribution is 7.17. The third kappa shape index (κ3) is 3.59. The van der Waals surface area contributed by atoms with Crippen LogP contribution >= 0.6 is 11.3 Å². The van der Waals surface area contributed by atoms with Gasteiger partial charge < -0.3 is 10.4 Å². The van der Waals surface area contributed by atoms with Crippen LogP contribution in [0.1, 0.15) is 34.5 Å². The maximum absolute atomic E-state index is 12.7. The Kier molecular flexibility index (Phi) is 4.80. The van der Waals surface area contributed by atoms with E-state index in [4.69, 9.17) is 0 Å². The highest BCUT2D eigenvalue weighted by Crippen LogP contribution is 2.27. The van der Waals surface area contributed by atoms with Crippen molar-refractivity contribution in [2.75, 3.05) is 0 Å². The summed E-state index contributed by atoms with van der Waals surface area (Å²) in [5.74, 6) is -0.238. The van der Waals surface area contributed by atoms with Gasteiger partial charge in [-0.15, -0.1) is 11.3 Å². The first-order chi connectivity index (χ1) is 14.6. The fourth-order valence-corrected chi connectivity index (χ4v) is 4.49. The standard InChI is InChI=1S/C22H21N5O2S/c1-27-12-15(11-24-27)16-3-2-13(10-23-16)8-14-9-19(25-18-6-7-30-21(14)18)22(29)26-17-4-5-20(17)28/h2-3,6-7,9-12,17,20,28H,4-5,8H2,1H3,(H,26,29)/t17-,20-/m0/s1. The van der Waals surface area contributed by atoms with E-state index >= 15 is 0 Å². The smallest absolute Gasteiger partial charge is 0.270 e. The van der Waals surface area contributed by atoms with Crippen LogP contribution in [0.4, 0.5) is 0 Å². The van der Waals surface area contributed by atoms with Crippen molar-refractivity contribution in [1.82, 2.24) is 25.1 Å². The Morgan fingerprint density at radius 1 is 1.30 bits per heavy atom. The van der Waals surface area contributed by atoms with Crippen molar-refractivity contribution in [3.8, 4) is 11.3 Å². The third-order valence-electron chi connectivity index (χ3n) is 5.49. The van der Waals surface area contributed by atoms with Gasteiger partial charge in [-0.05, 0) is 47.5 Å². The Hall–Kier alpha value is -3.10. The van der Waals surface area contributed by atoms with Gasteiger partial charge in [0.05, 0.1) is 34.3 Å². The predicted octanol–water partition coefficient (Wildman–Crippen LogP) is 2.94. The zero-order valence-electron chi connectivity index (χ0n) is 16.4. The Morgan fingerprint density at radius 3 is 2.87 bits per heavy atom. The minimum absolute atomic E-state index is 0.176. The van der Waals surface area contributed by atoms with Gasteiger partial charge in [0.1, 0.15) is 5.69 Å². The van der Waals surface area contributed by atoms with Gasteiger partial charge >= 0.3 is 0 Å². The molecule has 4 aromatic heterocycles. The molecule has 0 saturated heterocycles. The minimum atomic E-state index is -0.456. The van der Waals surface area contributed by atoms with Crippen LogP contribution < -0.4 is 5.32 Å². The number of aliphatic hydroxyl groups excluding tert-OH is 1. The van der Waals surface area contributed by atoms with E-state index in [0.29, 0.717) is 12.1 Å². The number of fused-ring (bicyclic) bond motifs is 1. The Morgan fingerprint density at radius 2 is 2.20 bits per heavy atom. The first kappa shape index (κ1) is 18.9. The summed E-state index contributed by atoms with van der Waals surface area (Å²) in [6.07, 6.45) is 7.33. The van der Waals surface area contributed by atoms with Gasteiger partial charge in [0.2, 0.25) is 0 Å². The molecule has 0 spiro atoms. The number of thiophene rings is 1. The molecule has 0 bridgehead atoms. The molecule has 4 aromatic rings. The molecule has 0 radical (unpaired) electrons. The van der Waals surface area contributed by atoms with Gasteiger partial charge in [0, 0.05) is 31.4 Å². The van der Waals surface area contributed by atoms with Gasteiger partial charge in [-0.25, -0.2) is 4.98 Å². The van der Waals surface area contributed by atoms with Crippen molar-refractivity contribution in [3.05, 3.63) is 65.1 Å². The lowest BCUT2D eigenvalue weighted by Crippen LogP contribution is -2.50. The van der Waals surface area contributed by atoms with Crippen molar-refractivity contribution in [3.63, 3.8) is 0 Å². The van der Waals surface area contributed by atoms with Crippen molar-refractivity contribution in [2.45, 2.75) is 31.4 Å². The molecular formula is C22H21N5O2S. The number of hydrogen-bond donors (Lipinski definition) is 2. The number of aromatic nitrogens is 4. The summed E-state index contributed by atoms with van der Waals surface area (Å²) in [7, 11) is 1.88. The molecule has 1 amide bonds. The Labute approximate surface area is 177 Å². The molecule has 0 aromatic carbocycles. The number of aryl methyl sites for hydroxylation is 1. The first-order valence-electron chi connectivity index (χ1n) is 9.87. The third-order valence-corrected chi connectivity index (χ3v) is 6.47. The van der Waals surface area contributed by atoms with E-state index in [0.717, 1.165) is 45.4 Å². The fourth-order valence-electron chi connectivity index (χ4n) is 3.64. The SMILES string of the molecule is Cn1cc(-c2ccc(Cc3cc(C(=O)N[C@H]4CC[C@@H]4O)nc4ccsc34)cn2)cn1. The van der Waals surface area contributed by atoms with Gasteiger partial charge in [-0.3, -0.25) is 14.5 Å². The van der Waals surface area contributed by atoms with Gasteiger partial charge in [0.25, 0.3) is 5.91 Å². The van der Waals surface area contributed by atoms with Crippen LogP contribution in [0, 0.1) is 0 Å². The van der Waals surface area contributed by atoms with Crippen LogP contribution in [0.3, 0.4) is 0 Å². The van der Waals surface area contributed by atoms with Crippen LogP contribution in [0.5, 0.6) is 0 Å². The van der Waals surface area contributed by atoms with E-state index in [2.05, 4.69) is 26.4 Å². The molecule has 0 unspecified atom stereocenters. The summed E-state index contributed by atoms with van der Waals surface area (Å²) >= 11 is 1.62. The van der Waals surface area contributed by atoms with E-state index in [1.807, 2.05) is 43.0 Å². The van der Waals surface area contributed by atoms with Crippen LogP contribution in [0.15, 0.2) is 48.2 Å². The molecule has 0 aliphatic heterocycles. The maximum Gasteiger partial charge on any atom is 0.270 e. The quantitative estimate of drug-likeness (QED) is 0.519. The fraction of sp³-hybridized carbons (Fsp3) is 0.273. The number of amides is 1. The van der Waals surface area contributed by atoms with Crippen molar-refractivity contribution in [1.29, 1.82) is 0 Å². The zero-order valence-corrected chi connectivity index (χ0v) is 17.3. The van der Waals surface area contributed by atoms with Gasteiger partial charge in [-0.2, -0.15) is 5.10 Å². The number of rotatable bonds is 5. The average Bonchev–Trinajstić information content (AvgIpc) is 3.40. The zero-order chi connectivity index (χ0) is 20.7. The van der Waals surface area contributed by atoms with Crippen molar-refractivity contribution < 1.29 is 9.90 Å². The lowest BCUT2D eigenvalue weighted by molar-refractivity contribution is 0.0446. The first-order valence-corrected chi connectivity index (χ1v) is 10.7. The molecule has 152 valence electrons. The summed E-state index contributed by atoms with van der Waals surface area (Å²) in [5.41, 5.74) is 5.16. The Bertz CT molecular complexity index is 1210. The normalized spacial score (nSPS) is 18.3. The molecule has 8 heteroatoms. The number of aliphatic hydroxyl groups is 1. The monoisotopic (exact) mass is 419 g/mol. The van der Waals surface area contributed by atoms with E-state index in [1.165, 1.54) is 0 Å². The number of nitrogens with one attached hydrogen (secondary N) is 1. The van der Waals surface area contributed by atoms with Gasteiger partial charge in [-0.1, -0.05) is 6.07 Å². The summed E-state index contributed by atoms with van der Waals surface area (Å²) in [5, 5.41) is 18.8. The van der Waals surface area contributed by atoms with Crippen LogP contribution in [0.2, 0.25) is 0 Å². The van der Waals surface area contributed by atoms with E-state index < -0.39 is 6.10 Å². The molecule has 4 heterocycles. The molecule has 1 aliphatic rings. The average molecular weight is 420 g/mol. The highest BCUT2D eigenvalue weighted by Gasteiger charge is 2.30. The molecule has 5 rings (SSSR count). The molecular weight excluding hydrogens is 398 g/mol. The summed E-state index contributed by atoms with van der Waals surface area (Å²) < 4.78 is 2.83. The second-order valence-corrected chi connectivity index (χ2v) is 8.57. The molecule has 7 nitrogen and oxygen atoms in total. The Balaban J connectivity index is 1.40. The lowest BCUT2D eigenvalue weighted by atomic mass is 9.89. The number of carbonyl (C=O) groups is 1. The second kappa shape index (κ2) is 7.62. The van der Waals surface area contributed by atoms with Crippen molar-refractivity contribution in [2.24, 2.45) is 7.05 Å². The predicted molar refractivity (Wildman–Crippen MR) is 115 cm³/mol. The van der Waals surface area contributed by atoms with E-state index in [-0.39, 0.29) is 11.9 Å². The molecule has 1 saturated carbocycles. The molecule has 30 heavy (non-hydrogen) atoms. The minimum Gasteiger partial charge on any atom is -0.391 e. The highest BCUT2D eigenvalue weighted by atomic mass is 32.1. The largest absolute Gasteiger partial charge is 0.391 e. The van der Waals surface area contributed by atoms with Gasteiger partial charge in [0.15, 0.2) is 0 Å². The maximum atomic E-state index is 12.7. The summed E-state index contributed by atoms with van der Waals surface area (Å²) in [6.45, 7) is 0. The molecule has 2 atom stereocenters. The second-order valence-electron chi connectivity index (χ2n) is 7.66. The van der Waals surface area contributed by atoms with Crippen LogP contribution in [-0.2, 0) is 13.5 Å². The summed E-state index contributed by atoms with van der Waals surface area (Å²) in [4.78, 5) is 21.8. The van der Waals surface area contributed by atoms with E-state index in [9.17, 15) is 9.90 Å².